The summed E-state index contributed by atoms with van der Waals surface area (Å²) in [5.41, 5.74) is 3.08. The zero-order valence-electron chi connectivity index (χ0n) is 15.6. The molecule has 0 spiro atoms. The summed E-state index contributed by atoms with van der Waals surface area (Å²) in [5, 5.41) is 22.6. The monoisotopic (exact) mass is 416 g/mol. The molecule has 148 valence electrons. The molecular weight excluding hydrogens is 400 g/mol. The van der Waals surface area contributed by atoms with Crippen molar-refractivity contribution >= 4 is 17.3 Å². The molecule has 1 unspecified atom stereocenters. The second-order valence-corrected chi connectivity index (χ2v) is 8.04. The zero-order valence-corrected chi connectivity index (χ0v) is 16.5. The molecule has 0 saturated carbocycles. The minimum absolute atomic E-state index is 0.133. The van der Waals surface area contributed by atoms with Crippen molar-refractivity contribution in [3.63, 3.8) is 0 Å². The molecule has 0 saturated heterocycles. The summed E-state index contributed by atoms with van der Waals surface area (Å²) in [7, 11) is 0. The van der Waals surface area contributed by atoms with Crippen LogP contribution in [-0.2, 0) is 6.42 Å². The molecule has 1 atom stereocenters. The molecule has 5 rings (SSSR count). The molecule has 6 nitrogen and oxygen atoms in total. The van der Waals surface area contributed by atoms with Gasteiger partial charge in [-0.3, -0.25) is 4.79 Å². The number of carbonyl (C=O) groups is 1. The van der Waals surface area contributed by atoms with E-state index < -0.39 is 11.4 Å². The van der Waals surface area contributed by atoms with Gasteiger partial charge in [0.1, 0.15) is 16.3 Å². The number of aromatic hydroxyl groups is 1. The molecule has 7 heteroatoms. The van der Waals surface area contributed by atoms with Gasteiger partial charge in [0.15, 0.2) is 5.43 Å². The van der Waals surface area contributed by atoms with E-state index in [1.165, 1.54) is 23.6 Å². The van der Waals surface area contributed by atoms with E-state index in [0.717, 1.165) is 16.7 Å². The molecule has 2 aromatic carbocycles. The molecule has 0 fully saturated rings. The summed E-state index contributed by atoms with van der Waals surface area (Å²) in [4.78, 5) is 28.4. The van der Waals surface area contributed by atoms with Crippen molar-refractivity contribution in [1.82, 2.24) is 9.55 Å². The molecule has 3 heterocycles. The number of pyridine rings is 1. The number of benzene rings is 2. The van der Waals surface area contributed by atoms with E-state index in [4.69, 9.17) is 0 Å². The number of rotatable bonds is 3. The van der Waals surface area contributed by atoms with Gasteiger partial charge in [-0.15, -0.1) is 11.3 Å². The lowest BCUT2D eigenvalue weighted by Gasteiger charge is -2.31. The Kier molecular flexibility index (Phi) is 4.25. The van der Waals surface area contributed by atoms with Crippen LogP contribution >= 0.6 is 11.3 Å². The topological polar surface area (TPSA) is 92.4 Å². The first-order valence-electron chi connectivity index (χ1n) is 9.33. The molecule has 1 aliphatic rings. The van der Waals surface area contributed by atoms with E-state index >= 15 is 0 Å². The molecule has 0 radical (unpaired) electrons. The smallest absolute Gasteiger partial charge is 0.341 e. The number of hydrogen-bond acceptors (Lipinski definition) is 5. The first-order chi connectivity index (χ1) is 14.5. The van der Waals surface area contributed by atoms with Gasteiger partial charge in [-0.05, 0) is 29.7 Å². The Hall–Kier alpha value is -3.71. The number of carboxylic acids is 1. The van der Waals surface area contributed by atoms with E-state index in [2.05, 4.69) is 4.98 Å². The average Bonchev–Trinajstić information content (AvgIpc) is 3.27. The Morgan fingerprint density at radius 1 is 1.13 bits per heavy atom. The van der Waals surface area contributed by atoms with Crippen molar-refractivity contribution in [1.29, 1.82) is 0 Å². The van der Waals surface area contributed by atoms with Gasteiger partial charge in [0.05, 0.1) is 17.3 Å². The van der Waals surface area contributed by atoms with E-state index in [9.17, 15) is 19.8 Å². The Balaban J connectivity index is 1.78. The largest absolute Gasteiger partial charge is 0.507 e. The number of phenolic OH excluding ortho intramolecular Hbond substituents is 1. The number of thiazole rings is 1. The van der Waals surface area contributed by atoms with Crippen molar-refractivity contribution in [3.8, 4) is 27.6 Å². The summed E-state index contributed by atoms with van der Waals surface area (Å²) in [6.07, 6.45) is 3.65. The first kappa shape index (κ1) is 18.3. The second-order valence-electron chi connectivity index (χ2n) is 7.14. The molecule has 2 aromatic heterocycles. The number of fused-ring (bicyclic) bond motifs is 3. The van der Waals surface area contributed by atoms with Crippen molar-refractivity contribution in [2.24, 2.45) is 0 Å². The highest BCUT2D eigenvalue weighted by Gasteiger charge is 2.28. The molecular formula is C23H16N2O4S. The van der Waals surface area contributed by atoms with Crippen LogP contribution in [0.3, 0.4) is 0 Å². The standard InChI is InChI=1S/C23H16N2O4S/c26-20-9-14-8-18(13-4-2-1-3-5-13)25-12-17(23(28)29)21(27)11-19(25)15(14)10-16(20)22-24-6-7-30-22/h1-7,9-12,18,26H,8H2,(H,28,29). The lowest BCUT2D eigenvalue weighted by atomic mass is 9.87. The van der Waals surface area contributed by atoms with Crippen LogP contribution < -0.4 is 5.43 Å². The van der Waals surface area contributed by atoms with Gasteiger partial charge >= 0.3 is 5.97 Å². The summed E-state index contributed by atoms with van der Waals surface area (Å²) >= 11 is 1.41. The molecule has 0 amide bonds. The molecule has 4 aromatic rings. The van der Waals surface area contributed by atoms with Crippen molar-refractivity contribution < 1.29 is 15.0 Å². The fourth-order valence-electron chi connectivity index (χ4n) is 4.01. The number of phenols is 1. The summed E-state index contributed by atoms with van der Waals surface area (Å²) in [6.45, 7) is 0. The van der Waals surface area contributed by atoms with Crippen LogP contribution in [-0.4, -0.2) is 25.7 Å². The summed E-state index contributed by atoms with van der Waals surface area (Å²) in [6, 6.07) is 14.4. The Bertz CT molecular complexity index is 1330. The van der Waals surface area contributed by atoms with Gasteiger partial charge < -0.3 is 14.8 Å². The number of aromatic nitrogens is 2. The number of aromatic carboxylic acids is 1. The first-order valence-corrected chi connectivity index (χ1v) is 10.2. The maximum atomic E-state index is 12.5. The minimum atomic E-state index is -1.25. The lowest BCUT2D eigenvalue weighted by molar-refractivity contribution is 0.0694. The van der Waals surface area contributed by atoms with Gasteiger partial charge in [0.2, 0.25) is 0 Å². The highest BCUT2D eigenvalue weighted by atomic mass is 32.1. The highest BCUT2D eigenvalue weighted by molar-refractivity contribution is 7.13. The van der Waals surface area contributed by atoms with Gasteiger partial charge in [0, 0.05) is 29.4 Å². The maximum absolute atomic E-state index is 12.5. The SMILES string of the molecule is O=C(O)c1cn2c(cc1=O)-c1cc(-c3nccs3)c(O)cc1CC2c1ccccc1. The van der Waals surface area contributed by atoms with Crippen LogP contribution in [0.5, 0.6) is 5.75 Å². The molecule has 0 bridgehead atoms. The van der Waals surface area contributed by atoms with Crippen molar-refractivity contribution in [2.75, 3.05) is 0 Å². The van der Waals surface area contributed by atoms with E-state index in [1.807, 2.05) is 46.3 Å². The average molecular weight is 416 g/mol. The normalized spacial score (nSPS) is 14.7. The number of hydrogen-bond donors (Lipinski definition) is 2. The van der Waals surface area contributed by atoms with Crippen LogP contribution in [0.1, 0.15) is 27.5 Å². The Labute approximate surface area is 175 Å². The Morgan fingerprint density at radius 3 is 2.63 bits per heavy atom. The predicted octanol–water partition coefficient (Wildman–Crippen LogP) is 4.19. The third-order valence-electron chi connectivity index (χ3n) is 5.40. The second kappa shape index (κ2) is 6.96. The van der Waals surface area contributed by atoms with Gasteiger partial charge in [-0.2, -0.15) is 0 Å². The summed E-state index contributed by atoms with van der Waals surface area (Å²) < 4.78 is 1.85. The number of nitrogens with zero attached hydrogens (tertiary/aromatic N) is 2. The predicted molar refractivity (Wildman–Crippen MR) is 114 cm³/mol. The van der Waals surface area contributed by atoms with Crippen LogP contribution in [0.15, 0.2) is 71.1 Å². The van der Waals surface area contributed by atoms with Crippen LogP contribution in [0.4, 0.5) is 0 Å². The van der Waals surface area contributed by atoms with Gasteiger partial charge in [-0.25, -0.2) is 9.78 Å². The van der Waals surface area contributed by atoms with Crippen molar-refractivity contribution in [2.45, 2.75) is 12.5 Å². The third kappa shape index (κ3) is 2.91. The highest BCUT2D eigenvalue weighted by Crippen LogP contribution is 2.42. The van der Waals surface area contributed by atoms with Gasteiger partial charge in [-0.1, -0.05) is 30.3 Å². The van der Waals surface area contributed by atoms with E-state index in [0.29, 0.717) is 22.7 Å². The van der Waals surface area contributed by atoms with Crippen molar-refractivity contribution in [3.05, 3.63) is 93.2 Å². The fourth-order valence-corrected chi connectivity index (χ4v) is 4.67. The van der Waals surface area contributed by atoms with Crippen LogP contribution in [0.2, 0.25) is 0 Å². The minimum Gasteiger partial charge on any atom is -0.507 e. The fraction of sp³-hybridized carbons (Fsp3) is 0.0870. The molecule has 2 N–H and O–H groups in total. The third-order valence-corrected chi connectivity index (χ3v) is 6.21. The number of carboxylic acid groups (broad SMARTS) is 1. The quantitative estimate of drug-likeness (QED) is 0.522. The van der Waals surface area contributed by atoms with Crippen LogP contribution in [0.25, 0.3) is 21.8 Å². The van der Waals surface area contributed by atoms with E-state index in [-0.39, 0.29) is 17.4 Å². The molecule has 1 aliphatic heterocycles. The molecule has 30 heavy (non-hydrogen) atoms. The maximum Gasteiger partial charge on any atom is 0.341 e. The summed E-state index contributed by atoms with van der Waals surface area (Å²) in [5.74, 6) is -1.12. The lowest BCUT2D eigenvalue weighted by Crippen LogP contribution is -2.26. The van der Waals surface area contributed by atoms with Crippen LogP contribution in [0, 0.1) is 0 Å². The van der Waals surface area contributed by atoms with Gasteiger partial charge in [0.25, 0.3) is 0 Å². The zero-order chi connectivity index (χ0) is 20.8. The Morgan fingerprint density at radius 2 is 1.93 bits per heavy atom. The molecule has 0 aliphatic carbocycles. The van der Waals surface area contributed by atoms with E-state index in [1.54, 1.807) is 12.3 Å².